The first-order chi connectivity index (χ1) is 44.9. The van der Waals surface area contributed by atoms with Gasteiger partial charge >= 0.3 is 0 Å². The average Bonchev–Trinajstić information content (AvgIpc) is 1.19. The Morgan fingerprint density at radius 3 is 1.06 bits per heavy atom. The van der Waals surface area contributed by atoms with Crippen LogP contribution in [0.15, 0.2) is 12.5 Å². The van der Waals surface area contributed by atoms with Crippen LogP contribution in [0.4, 0.5) is 0 Å². The largest absolute Gasteiger partial charge is 0.356 e. The lowest BCUT2D eigenvalue weighted by Gasteiger charge is -2.41. The molecule has 98 heavy (non-hydrogen) atoms. The lowest BCUT2D eigenvalue weighted by molar-refractivity contribution is -0.122. The zero-order valence-corrected chi connectivity index (χ0v) is 69.5. The number of imidazole rings is 1. The van der Waals surface area contributed by atoms with E-state index in [-0.39, 0.29) is 63.1 Å². The minimum atomic E-state index is -3.04. The number of nitrogens with zero attached hydrogens (tertiary/aromatic N) is 9. The fourth-order valence-corrected chi connectivity index (χ4v) is 13.7. The van der Waals surface area contributed by atoms with Crippen LogP contribution in [0.1, 0.15) is 263 Å². The minimum absolute atomic E-state index is 0.0910. The number of amides is 4. The van der Waals surface area contributed by atoms with Crippen LogP contribution in [0.5, 0.6) is 0 Å². The Morgan fingerprint density at radius 1 is 0.449 bits per heavy atom. The highest BCUT2D eigenvalue weighted by Gasteiger charge is 2.32. The minimum Gasteiger partial charge on any atom is -0.356 e. The van der Waals surface area contributed by atoms with Crippen LogP contribution in [0.25, 0.3) is 0 Å². The first-order valence-electron chi connectivity index (χ1n) is 38.1. The van der Waals surface area contributed by atoms with Crippen LogP contribution in [0, 0.1) is 24.2 Å². The Hall–Kier alpha value is -3.28. The molecule has 0 aromatic carbocycles. The molecule has 6 aliphatic heterocycles. The maximum absolute atomic E-state index is 11.4. The van der Waals surface area contributed by atoms with Gasteiger partial charge in [-0.1, -0.05) is 34.6 Å². The normalized spacial score (nSPS) is 19.9. The molecule has 20 nitrogen and oxygen atoms in total. The maximum atomic E-state index is 11.4. The molecule has 0 unspecified atom stereocenters. The van der Waals surface area contributed by atoms with Gasteiger partial charge in [-0.25, -0.2) is 18.1 Å². The molecule has 0 bridgehead atoms. The number of piperidine rings is 5. The lowest BCUT2D eigenvalue weighted by Crippen LogP contribution is -2.50. The number of hydrogen-bond donors (Lipinski definition) is 5. The highest BCUT2D eigenvalue weighted by molar-refractivity contribution is 7.89. The van der Waals surface area contributed by atoms with Gasteiger partial charge in [-0.05, 0) is 253 Å². The van der Waals surface area contributed by atoms with E-state index < -0.39 is 10.0 Å². The molecule has 6 fully saturated rings. The van der Waals surface area contributed by atoms with Gasteiger partial charge in [0.15, 0.2) is 0 Å². The van der Waals surface area contributed by atoms with Crippen molar-refractivity contribution in [2.24, 2.45) is 17.3 Å². The first-order valence-corrected chi connectivity index (χ1v) is 39.8. The standard InChI is InChI=1S/C13H26N2O.2C12H24N2O.C11H24N2O2S.C11H22N2O.C10H22N2.C8H14N2/c1-5-12(16)14-10-11-6-8-15(9-7-11)13(2,3)4;1-10(15)13-9-11-5-7-14(8-6-11)12(2,3)4;1-5-11(15)13-10-6-8-14(9-7-10)12(2,3)4;1-5-16(14,15)12-10-6-8-13(9-7-10)11(2,3)4;1-9(14)12-10-5-7-13(8-6-10)11(2,3)4;1-10(2,3)9-12-7-5-11(4)6-8-12;1-7-5-10(6-9-7)8(2,3)4/h11H,5-10H2,1-4H3,(H,14,16);11H,5-9H2,1-4H3,(H,13,15);10H,5-9H2,1-4H3,(H,13,15);10,12H,5-9H2,1-4H3;10H,5-8H2,1-4H3,(H,12,14);5-9H2,1-4H3;5-6H,1-4H3. The molecule has 576 valence electrons. The number of sulfonamides is 1. The molecule has 6 aliphatic rings. The fraction of sp³-hybridized carbons (Fsp3) is 0.909. The van der Waals surface area contributed by atoms with Gasteiger partial charge in [0.25, 0.3) is 0 Å². The van der Waals surface area contributed by atoms with E-state index in [9.17, 15) is 27.6 Å². The van der Waals surface area contributed by atoms with Crippen LogP contribution < -0.4 is 26.0 Å². The van der Waals surface area contributed by atoms with Gasteiger partial charge in [0.2, 0.25) is 33.7 Å². The molecule has 21 heteroatoms. The van der Waals surface area contributed by atoms with Crippen LogP contribution in [0.3, 0.4) is 0 Å². The number of aryl methyl sites for hydroxylation is 1. The third-order valence-corrected chi connectivity index (χ3v) is 21.1. The number of likely N-dealkylation sites (tertiary alicyclic amines) is 5. The Morgan fingerprint density at radius 2 is 0.786 bits per heavy atom. The van der Waals surface area contributed by atoms with Gasteiger partial charge in [0, 0.05) is 169 Å². The van der Waals surface area contributed by atoms with E-state index in [0.29, 0.717) is 47.7 Å². The molecule has 0 atom stereocenters. The van der Waals surface area contributed by atoms with Crippen molar-refractivity contribution in [3.8, 4) is 0 Å². The molecule has 0 saturated carbocycles. The summed E-state index contributed by atoms with van der Waals surface area (Å²) in [6.45, 7) is 76.6. The molecule has 1 aromatic heterocycles. The second-order valence-corrected chi connectivity index (χ2v) is 38.0. The van der Waals surface area contributed by atoms with Crippen molar-refractivity contribution in [3.63, 3.8) is 0 Å². The summed E-state index contributed by atoms with van der Waals surface area (Å²) in [5.41, 5.74) is 3.00. The highest BCUT2D eigenvalue weighted by atomic mass is 32.2. The van der Waals surface area contributed by atoms with Crippen LogP contribution in [-0.2, 0) is 34.7 Å². The molecule has 6 saturated heterocycles. The van der Waals surface area contributed by atoms with Crippen molar-refractivity contribution in [1.82, 2.24) is 69.8 Å². The van der Waals surface area contributed by atoms with Crippen molar-refractivity contribution in [1.29, 1.82) is 0 Å². The van der Waals surface area contributed by atoms with Crippen molar-refractivity contribution in [2.45, 2.75) is 315 Å². The van der Waals surface area contributed by atoms with Crippen LogP contribution >= 0.6 is 0 Å². The first kappa shape index (κ1) is 92.7. The smallest absolute Gasteiger partial charge is 0.219 e. The van der Waals surface area contributed by atoms with E-state index in [4.69, 9.17) is 0 Å². The van der Waals surface area contributed by atoms with E-state index in [1.165, 1.54) is 58.4 Å². The molecular formula is C77H156N14O6S. The average molecular weight is 1410 g/mol. The van der Waals surface area contributed by atoms with E-state index in [2.05, 4.69) is 228 Å². The molecule has 4 amide bonds. The Bertz CT molecular complexity index is 2470. The monoisotopic (exact) mass is 1410 g/mol. The summed E-state index contributed by atoms with van der Waals surface area (Å²) in [4.78, 5) is 65.6. The molecule has 0 radical (unpaired) electrons. The van der Waals surface area contributed by atoms with E-state index >= 15 is 0 Å². The van der Waals surface area contributed by atoms with Crippen molar-refractivity contribution >= 4 is 33.7 Å². The SMILES string of the molecule is CC(=O)NC1CCN(C(C)(C)C)CC1.CC(=O)NCC1CCN(C(C)(C)C)CC1.CCC(=O)NC1CCN(C(C)(C)C)CC1.CCC(=O)NCC1CCN(C(C)(C)C)CC1.CCS(=O)(=O)NC1CCN(C(C)(C)C)CC1.CN1CCN(CC(C)(C)C)CC1.Cc1cn(C(C)(C)C)cn1. The second kappa shape index (κ2) is 43.1. The van der Waals surface area contributed by atoms with Crippen LogP contribution in [0.2, 0.25) is 0 Å². The number of aromatic nitrogens is 2. The maximum Gasteiger partial charge on any atom is 0.219 e. The van der Waals surface area contributed by atoms with Gasteiger partial charge in [-0.15, -0.1) is 0 Å². The van der Waals surface area contributed by atoms with Gasteiger partial charge < -0.3 is 35.6 Å². The van der Waals surface area contributed by atoms with E-state index in [1.54, 1.807) is 20.8 Å². The lowest BCUT2D eigenvalue weighted by atomic mass is 9.93. The summed E-state index contributed by atoms with van der Waals surface area (Å²) >= 11 is 0. The molecule has 7 rings (SSSR count). The van der Waals surface area contributed by atoms with Gasteiger partial charge in [0.1, 0.15) is 0 Å². The Labute approximate surface area is 603 Å². The van der Waals surface area contributed by atoms with Crippen molar-refractivity contribution in [3.05, 3.63) is 18.2 Å². The van der Waals surface area contributed by atoms with Crippen molar-refractivity contribution < 1.29 is 27.6 Å². The van der Waals surface area contributed by atoms with Crippen molar-refractivity contribution in [2.75, 3.05) is 124 Å². The Balaban J connectivity index is 0.000000574. The summed E-state index contributed by atoms with van der Waals surface area (Å²) in [5.74, 6) is 2.07. The molecule has 1 aromatic rings. The zero-order valence-electron chi connectivity index (χ0n) is 68.6. The second-order valence-electron chi connectivity index (χ2n) is 36.0. The van der Waals surface area contributed by atoms with Crippen LogP contribution in [-0.4, -0.2) is 246 Å². The number of hydrogen-bond acceptors (Lipinski definition) is 14. The number of nitrogens with one attached hydrogen (secondary N) is 5. The third kappa shape index (κ3) is 41.7. The summed E-state index contributed by atoms with van der Waals surface area (Å²) in [6.07, 6.45) is 16.1. The van der Waals surface area contributed by atoms with E-state index in [1.807, 2.05) is 27.1 Å². The molecular weight excluding hydrogens is 1250 g/mol. The zero-order chi connectivity index (χ0) is 75.3. The molecule has 7 heterocycles. The predicted octanol–water partition coefficient (Wildman–Crippen LogP) is 11.2. The molecule has 0 spiro atoms. The highest BCUT2D eigenvalue weighted by Crippen LogP contribution is 2.27. The summed E-state index contributed by atoms with van der Waals surface area (Å²) in [6, 6.07) is 0.922. The third-order valence-electron chi connectivity index (χ3n) is 19.6. The number of likely N-dealkylation sites (N-methyl/N-ethyl adjacent to an activating group) is 1. The summed E-state index contributed by atoms with van der Waals surface area (Å²) < 4.78 is 27.7. The quantitative estimate of drug-likeness (QED) is 0.132. The van der Waals surface area contributed by atoms with E-state index in [0.717, 1.165) is 123 Å². The Kier molecular flexibility index (Phi) is 40.8. The van der Waals surface area contributed by atoms with Gasteiger partial charge in [0.05, 0.1) is 17.8 Å². The number of rotatable bonds is 12. The number of carbonyl (C=O) groups excluding carboxylic acids is 4. The molecule has 5 N–H and O–H groups in total. The van der Waals surface area contributed by atoms with Gasteiger partial charge in [-0.2, -0.15) is 0 Å². The fourth-order valence-electron chi connectivity index (χ4n) is 12.8. The van der Waals surface area contributed by atoms with Gasteiger partial charge in [-0.3, -0.25) is 43.7 Å². The number of piperazine rings is 1. The summed E-state index contributed by atoms with van der Waals surface area (Å²) in [7, 11) is -0.838. The summed E-state index contributed by atoms with van der Waals surface area (Å²) in [5, 5.41) is 12.0. The number of carbonyl (C=O) groups is 4. The molecule has 0 aliphatic carbocycles. The topological polar surface area (TPSA) is 203 Å². The predicted molar refractivity (Wildman–Crippen MR) is 413 cm³/mol.